The monoisotopic (exact) mass is 257 g/mol. The molecule has 1 rings (SSSR count). The number of nitrogens with one attached hydrogen (secondary N) is 3. The minimum Gasteiger partial charge on any atom is -0.481 e. The van der Waals surface area contributed by atoms with Crippen LogP contribution in [-0.4, -0.2) is 41.5 Å². The number of carboxylic acids is 1. The number of aliphatic carboxylic acids is 1. The van der Waals surface area contributed by atoms with Crippen LogP contribution in [0.3, 0.4) is 0 Å². The van der Waals surface area contributed by atoms with Gasteiger partial charge in [-0.15, -0.1) is 0 Å². The molecule has 1 aliphatic heterocycles. The standard InChI is InChI=1S/C10H15N3O5/c14-7-2-1-6(5-11-7)12-10(18)13-8(15)3-4-9(16)17/h6H,1-5H2,(H,11,14)(H,16,17)(H2,12,13,15,18). The third-order valence-electron chi connectivity index (χ3n) is 2.42. The smallest absolute Gasteiger partial charge is 0.321 e. The quantitative estimate of drug-likeness (QED) is 0.511. The average molecular weight is 257 g/mol. The van der Waals surface area contributed by atoms with Crippen molar-refractivity contribution in [1.82, 2.24) is 16.0 Å². The number of hydrogen-bond donors (Lipinski definition) is 4. The molecule has 100 valence electrons. The molecular formula is C10H15N3O5. The van der Waals surface area contributed by atoms with Crippen molar-refractivity contribution in [2.75, 3.05) is 6.54 Å². The van der Waals surface area contributed by atoms with Gasteiger partial charge in [0, 0.05) is 25.4 Å². The maximum atomic E-state index is 11.3. The second-order valence-corrected chi connectivity index (χ2v) is 3.96. The lowest BCUT2D eigenvalue weighted by atomic mass is 10.1. The average Bonchev–Trinajstić information content (AvgIpc) is 2.29. The van der Waals surface area contributed by atoms with Crippen molar-refractivity contribution >= 4 is 23.8 Å². The maximum Gasteiger partial charge on any atom is 0.321 e. The second-order valence-electron chi connectivity index (χ2n) is 3.96. The van der Waals surface area contributed by atoms with Crippen LogP contribution in [0.15, 0.2) is 0 Å². The van der Waals surface area contributed by atoms with E-state index in [4.69, 9.17) is 5.11 Å². The summed E-state index contributed by atoms with van der Waals surface area (Å²) in [5.41, 5.74) is 0. The molecule has 0 radical (unpaired) electrons. The van der Waals surface area contributed by atoms with Crippen molar-refractivity contribution in [1.29, 1.82) is 0 Å². The van der Waals surface area contributed by atoms with Crippen molar-refractivity contribution in [2.45, 2.75) is 31.7 Å². The van der Waals surface area contributed by atoms with Crippen molar-refractivity contribution in [3.05, 3.63) is 0 Å². The first-order valence-corrected chi connectivity index (χ1v) is 5.56. The molecule has 4 amide bonds. The molecule has 0 aromatic carbocycles. The first kappa shape index (κ1) is 13.9. The number of hydrogen-bond acceptors (Lipinski definition) is 4. The molecule has 1 aliphatic rings. The summed E-state index contributed by atoms with van der Waals surface area (Å²) in [6.07, 6.45) is 0.281. The van der Waals surface area contributed by atoms with Crippen LogP contribution >= 0.6 is 0 Å². The van der Waals surface area contributed by atoms with E-state index in [1.807, 2.05) is 5.32 Å². The summed E-state index contributed by atoms with van der Waals surface area (Å²) in [7, 11) is 0. The Morgan fingerprint density at radius 2 is 2.06 bits per heavy atom. The van der Waals surface area contributed by atoms with Gasteiger partial charge in [0.1, 0.15) is 0 Å². The highest BCUT2D eigenvalue weighted by Gasteiger charge is 2.20. The first-order valence-electron chi connectivity index (χ1n) is 5.56. The van der Waals surface area contributed by atoms with E-state index in [0.29, 0.717) is 19.4 Å². The molecule has 8 heteroatoms. The SMILES string of the molecule is O=C(O)CCC(=O)NC(=O)NC1CCC(=O)NC1. The van der Waals surface area contributed by atoms with Crippen LogP contribution in [0.4, 0.5) is 4.79 Å². The van der Waals surface area contributed by atoms with Gasteiger partial charge in [-0.3, -0.25) is 19.7 Å². The molecule has 1 heterocycles. The molecule has 0 aliphatic carbocycles. The van der Waals surface area contributed by atoms with Gasteiger partial charge in [-0.25, -0.2) is 4.79 Å². The van der Waals surface area contributed by atoms with Gasteiger partial charge in [0.25, 0.3) is 0 Å². The van der Waals surface area contributed by atoms with Crippen LogP contribution in [0.2, 0.25) is 0 Å². The molecule has 1 unspecified atom stereocenters. The zero-order valence-electron chi connectivity index (χ0n) is 9.69. The van der Waals surface area contributed by atoms with E-state index in [1.165, 1.54) is 0 Å². The summed E-state index contributed by atoms with van der Waals surface area (Å²) in [4.78, 5) is 43.6. The van der Waals surface area contributed by atoms with Crippen molar-refractivity contribution in [3.63, 3.8) is 0 Å². The Kier molecular flexibility index (Phi) is 5.09. The molecule has 18 heavy (non-hydrogen) atoms. The van der Waals surface area contributed by atoms with Gasteiger partial charge in [0.2, 0.25) is 11.8 Å². The summed E-state index contributed by atoms with van der Waals surface area (Å²) in [5.74, 6) is -1.80. The molecule has 0 bridgehead atoms. The number of carbonyl (C=O) groups excluding carboxylic acids is 3. The van der Waals surface area contributed by atoms with Crippen LogP contribution in [0, 0.1) is 0 Å². The minimum atomic E-state index is -1.10. The zero-order chi connectivity index (χ0) is 13.5. The molecule has 0 aromatic heterocycles. The van der Waals surface area contributed by atoms with Gasteiger partial charge >= 0.3 is 12.0 Å². The van der Waals surface area contributed by atoms with Crippen LogP contribution < -0.4 is 16.0 Å². The number of piperidine rings is 1. The van der Waals surface area contributed by atoms with E-state index in [2.05, 4.69) is 10.6 Å². The lowest BCUT2D eigenvalue weighted by Crippen LogP contribution is -2.51. The number of carboxylic acid groups (broad SMARTS) is 1. The summed E-state index contributed by atoms with van der Waals surface area (Å²) in [6.45, 7) is 0.329. The molecule has 0 aromatic rings. The van der Waals surface area contributed by atoms with E-state index < -0.39 is 17.9 Å². The van der Waals surface area contributed by atoms with Crippen LogP contribution in [-0.2, 0) is 14.4 Å². The van der Waals surface area contributed by atoms with E-state index in [-0.39, 0.29) is 24.8 Å². The van der Waals surface area contributed by atoms with E-state index in [0.717, 1.165) is 0 Å². The van der Waals surface area contributed by atoms with Crippen LogP contribution in [0.1, 0.15) is 25.7 Å². The third-order valence-corrected chi connectivity index (χ3v) is 2.42. The topological polar surface area (TPSA) is 125 Å². The summed E-state index contributed by atoms with van der Waals surface area (Å²) >= 11 is 0. The Morgan fingerprint density at radius 1 is 1.33 bits per heavy atom. The normalized spacial score (nSPS) is 18.7. The minimum absolute atomic E-state index is 0.0639. The molecular weight excluding hydrogens is 242 g/mol. The summed E-state index contributed by atoms with van der Waals surface area (Å²) in [5, 5.41) is 15.5. The largest absolute Gasteiger partial charge is 0.481 e. The van der Waals surface area contributed by atoms with Gasteiger partial charge < -0.3 is 15.7 Å². The Bertz CT molecular complexity index is 359. The maximum absolute atomic E-state index is 11.3. The fourth-order valence-corrected chi connectivity index (χ4v) is 1.49. The van der Waals surface area contributed by atoms with Gasteiger partial charge in [-0.05, 0) is 6.42 Å². The molecule has 0 saturated carbocycles. The van der Waals surface area contributed by atoms with Crippen molar-refractivity contribution < 1.29 is 24.3 Å². The predicted octanol–water partition coefficient (Wildman–Crippen LogP) is -1.04. The Hall–Kier alpha value is -2.12. The number of carbonyl (C=O) groups is 4. The highest BCUT2D eigenvalue weighted by Crippen LogP contribution is 2.02. The zero-order valence-corrected chi connectivity index (χ0v) is 9.69. The first-order chi connectivity index (χ1) is 8.47. The van der Waals surface area contributed by atoms with Gasteiger partial charge in [-0.2, -0.15) is 0 Å². The summed E-state index contributed by atoms with van der Waals surface area (Å²) in [6, 6.07) is -0.887. The Balaban J connectivity index is 2.22. The highest BCUT2D eigenvalue weighted by molar-refractivity contribution is 5.95. The number of urea groups is 1. The number of rotatable bonds is 4. The third kappa shape index (κ3) is 5.28. The van der Waals surface area contributed by atoms with Gasteiger partial charge in [0.15, 0.2) is 0 Å². The number of imide groups is 1. The molecule has 4 N–H and O–H groups in total. The lowest BCUT2D eigenvalue weighted by Gasteiger charge is -2.23. The Morgan fingerprint density at radius 3 is 2.61 bits per heavy atom. The second kappa shape index (κ2) is 6.58. The van der Waals surface area contributed by atoms with Crippen LogP contribution in [0.5, 0.6) is 0 Å². The van der Waals surface area contributed by atoms with Crippen molar-refractivity contribution in [3.8, 4) is 0 Å². The van der Waals surface area contributed by atoms with Crippen LogP contribution in [0.25, 0.3) is 0 Å². The molecule has 1 atom stereocenters. The predicted molar refractivity (Wildman–Crippen MR) is 59.6 cm³/mol. The molecule has 1 saturated heterocycles. The highest BCUT2D eigenvalue weighted by atomic mass is 16.4. The van der Waals surface area contributed by atoms with Gasteiger partial charge in [-0.1, -0.05) is 0 Å². The lowest BCUT2D eigenvalue weighted by molar-refractivity contribution is -0.138. The van der Waals surface area contributed by atoms with E-state index >= 15 is 0 Å². The fourth-order valence-electron chi connectivity index (χ4n) is 1.49. The molecule has 1 fully saturated rings. The number of amides is 4. The summed E-state index contributed by atoms with van der Waals surface area (Å²) < 4.78 is 0. The van der Waals surface area contributed by atoms with E-state index in [9.17, 15) is 19.2 Å². The van der Waals surface area contributed by atoms with Crippen molar-refractivity contribution in [2.24, 2.45) is 0 Å². The fraction of sp³-hybridized carbons (Fsp3) is 0.600. The van der Waals surface area contributed by atoms with E-state index in [1.54, 1.807) is 0 Å². The molecule has 8 nitrogen and oxygen atoms in total. The molecule has 0 spiro atoms. The van der Waals surface area contributed by atoms with Gasteiger partial charge in [0.05, 0.1) is 6.42 Å². The Labute approximate surface area is 103 Å².